The molecule has 1 aromatic carbocycles. The summed E-state index contributed by atoms with van der Waals surface area (Å²) in [5, 5.41) is 0. The number of benzene rings is 1. The van der Waals surface area contributed by atoms with E-state index in [2.05, 4.69) is 0 Å². The molecule has 6 heteroatoms. The second kappa shape index (κ2) is 5.81. The van der Waals surface area contributed by atoms with Crippen molar-refractivity contribution < 1.29 is 13.2 Å². The molecule has 0 radical (unpaired) electrons. The number of ether oxygens (including phenoxy) is 1. The number of hydrogen-bond acceptors (Lipinski definition) is 4. The fourth-order valence-corrected chi connectivity index (χ4v) is 4.16. The van der Waals surface area contributed by atoms with Crippen molar-refractivity contribution in [3.8, 4) is 0 Å². The molecule has 1 aliphatic heterocycles. The standard InChI is InChI=1S/C14H22N2O3S/c1-10-6-12(8-15)7-14(11(10)2)20(17,18)16(3)13-4-5-19-9-13/h6-7,13H,4-5,8-9,15H2,1-3H3. The zero-order valence-electron chi connectivity index (χ0n) is 12.2. The Kier molecular flexibility index (Phi) is 4.49. The number of rotatable bonds is 4. The molecule has 0 amide bonds. The molecule has 20 heavy (non-hydrogen) atoms. The Balaban J connectivity index is 2.45. The Morgan fingerprint density at radius 3 is 2.65 bits per heavy atom. The first-order valence-electron chi connectivity index (χ1n) is 6.74. The molecule has 1 atom stereocenters. The molecule has 0 aromatic heterocycles. The van der Waals surface area contributed by atoms with Crippen LogP contribution in [-0.4, -0.2) is 39.0 Å². The number of hydrogen-bond donors (Lipinski definition) is 1. The fourth-order valence-electron chi connectivity index (χ4n) is 2.44. The molecule has 0 saturated carbocycles. The Hall–Kier alpha value is -0.950. The minimum Gasteiger partial charge on any atom is -0.380 e. The molecule has 1 fully saturated rings. The van der Waals surface area contributed by atoms with Crippen LogP contribution in [0.25, 0.3) is 0 Å². The number of nitrogens with zero attached hydrogens (tertiary/aromatic N) is 1. The molecule has 112 valence electrons. The minimum absolute atomic E-state index is 0.0822. The van der Waals surface area contributed by atoms with E-state index in [0.717, 1.165) is 23.1 Å². The third-order valence-corrected chi connectivity index (χ3v) is 6.03. The third-order valence-electron chi connectivity index (χ3n) is 3.99. The summed E-state index contributed by atoms with van der Waals surface area (Å²) in [6.45, 7) is 5.16. The van der Waals surface area contributed by atoms with Crippen LogP contribution in [0.15, 0.2) is 17.0 Å². The summed E-state index contributed by atoms with van der Waals surface area (Å²) in [5.41, 5.74) is 8.22. The summed E-state index contributed by atoms with van der Waals surface area (Å²) in [5.74, 6) is 0. The lowest BCUT2D eigenvalue weighted by Crippen LogP contribution is -2.37. The van der Waals surface area contributed by atoms with Crippen LogP contribution in [0.2, 0.25) is 0 Å². The van der Waals surface area contributed by atoms with Crippen molar-refractivity contribution in [2.24, 2.45) is 5.73 Å². The molecule has 1 saturated heterocycles. The average Bonchev–Trinajstić information content (AvgIpc) is 2.94. The first-order valence-corrected chi connectivity index (χ1v) is 8.18. The molecule has 0 aliphatic carbocycles. The number of likely N-dealkylation sites (N-methyl/N-ethyl adjacent to an activating group) is 1. The summed E-state index contributed by atoms with van der Waals surface area (Å²) < 4.78 is 32.3. The van der Waals surface area contributed by atoms with Gasteiger partial charge in [0.2, 0.25) is 10.0 Å². The third kappa shape index (κ3) is 2.74. The predicted molar refractivity (Wildman–Crippen MR) is 78.0 cm³/mol. The van der Waals surface area contributed by atoms with Crippen molar-refractivity contribution in [1.82, 2.24) is 4.31 Å². The molecule has 1 aromatic rings. The average molecular weight is 298 g/mol. The van der Waals surface area contributed by atoms with Crippen molar-refractivity contribution in [2.45, 2.75) is 37.8 Å². The normalized spacial score (nSPS) is 19.8. The quantitative estimate of drug-likeness (QED) is 0.905. The van der Waals surface area contributed by atoms with Crippen LogP contribution in [0.5, 0.6) is 0 Å². The van der Waals surface area contributed by atoms with E-state index >= 15 is 0 Å². The summed E-state index contributed by atoms with van der Waals surface area (Å²) in [7, 11) is -1.89. The molecule has 2 N–H and O–H groups in total. The predicted octanol–water partition coefficient (Wildman–Crippen LogP) is 1.17. The van der Waals surface area contributed by atoms with Gasteiger partial charge < -0.3 is 10.5 Å². The minimum atomic E-state index is -3.51. The maximum atomic E-state index is 12.8. The smallest absolute Gasteiger partial charge is 0.243 e. The summed E-state index contributed by atoms with van der Waals surface area (Å²) in [6.07, 6.45) is 0.740. The molecule has 1 unspecified atom stereocenters. The maximum Gasteiger partial charge on any atom is 0.243 e. The zero-order valence-corrected chi connectivity index (χ0v) is 13.0. The van der Waals surface area contributed by atoms with Gasteiger partial charge >= 0.3 is 0 Å². The Bertz CT molecular complexity index is 593. The summed E-state index contributed by atoms with van der Waals surface area (Å²) in [4.78, 5) is 0.354. The molecular weight excluding hydrogens is 276 g/mol. The highest BCUT2D eigenvalue weighted by Gasteiger charge is 2.32. The van der Waals surface area contributed by atoms with Gasteiger partial charge in [-0.05, 0) is 43.0 Å². The van der Waals surface area contributed by atoms with Gasteiger partial charge in [0.15, 0.2) is 0 Å². The number of aryl methyl sites for hydroxylation is 1. The Morgan fingerprint density at radius 1 is 1.40 bits per heavy atom. The van der Waals surface area contributed by atoms with Crippen molar-refractivity contribution in [3.05, 3.63) is 28.8 Å². The molecule has 1 aliphatic rings. The van der Waals surface area contributed by atoms with Crippen molar-refractivity contribution >= 4 is 10.0 Å². The molecule has 5 nitrogen and oxygen atoms in total. The van der Waals surface area contributed by atoms with E-state index in [1.807, 2.05) is 19.9 Å². The van der Waals surface area contributed by atoms with Gasteiger partial charge in [-0.1, -0.05) is 6.07 Å². The second-order valence-electron chi connectivity index (χ2n) is 5.28. The van der Waals surface area contributed by atoms with E-state index in [4.69, 9.17) is 10.5 Å². The van der Waals surface area contributed by atoms with Gasteiger partial charge in [0.25, 0.3) is 0 Å². The molecule has 0 bridgehead atoms. The van der Waals surface area contributed by atoms with Gasteiger partial charge in [-0.2, -0.15) is 4.31 Å². The lowest BCUT2D eigenvalue weighted by atomic mass is 10.1. The Morgan fingerprint density at radius 2 is 2.10 bits per heavy atom. The van der Waals surface area contributed by atoms with Crippen LogP contribution in [0.1, 0.15) is 23.1 Å². The van der Waals surface area contributed by atoms with Crippen molar-refractivity contribution in [1.29, 1.82) is 0 Å². The van der Waals surface area contributed by atoms with Crippen LogP contribution < -0.4 is 5.73 Å². The zero-order chi connectivity index (χ0) is 14.9. The van der Waals surface area contributed by atoms with E-state index < -0.39 is 10.0 Å². The first-order chi connectivity index (χ1) is 9.37. The number of nitrogens with two attached hydrogens (primary N) is 1. The highest BCUT2D eigenvalue weighted by molar-refractivity contribution is 7.89. The maximum absolute atomic E-state index is 12.8. The molecule has 0 spiro atoms. The van der Waals surface area contributed by atoms with Crippen LogP contribution in [0, 0.1) is 13.8 Å². The Labute approximate surface area is 120 Å². The van der Waals surface area contributed by atoms with E-state index in [9.17, 15) is 8.42 Å². The lowest BCUT2D eigenvalue weighted by molar-refractivity contribution is 0.181. The SMILES string of the molecule is Cc1cc(CN)cc(S(=O)(=O)N(C)C2CCOC2)c1C. The van der Waals surface area contributed by atoms with Gasteiger partial charge in [-0.3, -0.25) is 0 Å². The van der Waals surface area contributed by atoms with Crippen LogP contribution in [-0.2, 0) is 21.3 Å². The van der Waals surface area contributed by atoms with Gasteiger partial charge in [0.1, 0.15) is 0 Å². The van der Waals surface area contributed by atoms with Crippen LogP contribution >= 0.6 is 0 Å². The van der Waals surface area contributed by atoms with Crippen LogP contribution in [0.3, 0.4) is 0 Å². The largest absolute Gasteiger partial charge is 0.380 e. The first kappa shape index (κ1) is 15.4. The highest BCUT2D eigenvalue weighted by Crippen LogP contribution is 2.26. The topological polar surface area (TPSA) is 72.6 Å². The van der Waals surface area contributed by atoms with Gasteiger partial charge in [-0.15, -0.1) is 0 Å². The van der Waals surface area contributed by atoms with Crippen molar-refractivity contribution in [2.75, 3.05) is 20.3 Å². The lowest BCUT2D eigenvalue weighted by Gasteiger charge is -2.24. The highest BCUT2D eigenvalue weighted by atomic mass is 32.2. The van der Waals surface area contributed by atoms with E-state index in [1.54, 1.807) is 13.1 Å². The number of sulfonamides is 1. The van der Waals surface area contributed by atoms with Gasteiger partial charge in [-0.25, -0.2) is 8.42 Å². The molecule has 1 heterocycles. The summed E-state index contributed by atoms with van der Waals surface area (Å²) >= 11 is 0. The summed E-state index contributed by atoms with van der Waals surface area (Å²) in [6, 6.07) is 3.54. The van der Waals surface area contributed by atoms with Crippen molar-refractivity contribution in [3.63, 3.8) is 0 Å². The molecular formula is C14H22N2O3S. The monoisotopic (exact) mass is 298 g/mol. The fraction of sp³-hybridized carbons (Fsp3) is 0.571. The molecule has 2 rings (SSSR count). The van der Waals surface area contributed by atoms with E-state index in [1.165, 1.54) is 4.31 Å². The van der Waals surface area contributed by atoms with Gasteiger partial charge in [0.05, 0.1) is 17.5 Å². The van der Waals surface area contributed by atoms with Crippen LogP contribution in [0.4, 0.5) is 0 Å². The van der Waals surface area contributed by atoms with E-state index in [0.29, 0.717) is 24.7 Å². The van der Waals surface area contributed by atoms with E-state index in [-0.39, 0.29) is 6.04 Å². The van der Waals surface area contributed by atoms with Gasteiger partial charge in [0, 0.05) is 20.2 Å². The second-order valence-corrected chi connectivity index (χ2v) is 7.24.